The van der Waals surface area contributed by atoms with Gasteiger partial charge in [0.1, 0.15) is 23.6 Å². The summed E-state index contributed by atoms with van der Waals surface area (Å²) in [4.78, 5) is 34.2. The number of aromatic nitrogens is 3. The number of ether oxygens (including phenoxy) is 2. The number of nitrogens with one attached hydrogen (secondary N) is 2. The van der Waals surface area contributed by atoms with Gasteiger partial charge in [0.05, 0.1) is 15.6 Å². The lowest BCUT2D eigenvalue weighted by atomic mass is 9.88. The van der Waals surface area contributed by atoms with Crippen LogP contribution >= 0.6 is 15.9 Å². The minimum Gasteiger partial charge on any atom is -0.444 e. The molecule has 4 heterocycles. The van der Waals surface area contributed by atoms with Gasteiger partial charge < -0.3 is 19.4 Å². The number of aryl methyl sites for hydroxylation is 1. The molecule has 0 atom stereocenters. The van der Waals surface area contributed by atoms with Crippen LogP contribution in [0.4, 0.5) is 9.59 Å². The van der Waals surface area contributed by atoms with Crippen LogP contribution in [0.5, 0.6) is 0 Å². The fourth-order valence-corrected chi connectivity index (χ4v) is 6.17. The number of benzene rings is 1. The third kappa shape index (κ3) is 6.01. The third-order valence-electron chi connectivity index (χ3n) is 7.47. The molecule has 1 amide bonds. The minimum atomic E-state index is -0.602. The van der Waals surface area contributed by atoms with E-state index in [1.165, 1.54) is 21.1 Å². The van der Waals surface area contributed by atoms with Crippen LogP contribution in [-0.4, -0.2) is 51.3 Å². The molecule has 0 aliphatic carbocycles. The lowest BCUT2D eigenvalue weighted by Crippen LogP contribution is -2.47. The third-order valence-corrected chi connectivity index (χ3v) is 8.10. The number of amides is 1. The minimum absolute atomic E-state index is 0.229. The first-order valence-corrected chi connectivity index (χ1v) is 15.1. The van der Waals surface area contributed by atoms with E-state index in [9.17, 15) is 9.59 Å². The van der Waals surface area contributed by atoms with Crippen molar-refractivity contribution < 1.29 is 23.6 Å². The van der Waals surface area contributed by atoms with Gasteiger partial charge in [-0.3, -0.25) is 0 Å². The Morgan fingerprint density at radius 2 is 1.73 bits per heavy atom. The second kappa shape index (κ2) is 10.8. The van der Waals surface area contributed by atoms with Crippen molar-refractivity contribution >= 4 is 50.1 Å². The van der Waals surface area contributed by atoms with Crippen molar-refractivity contribution in [3.63, 3.8) is 0 Å². The Morgan fingerprint density at radius 3 is 2.37 bits per heavy atom. The summed E-state index contributed by atoms with van der Waals surface area (Å²) < 4.78 is 13.6. The van der Waals surface area contributed by atoms with Gasteiger partial charge in [-0.15, -0.1) is 4.57 Å². The molecule has 0 bridgehead atoms. The summed E-state index contributed by atoms with van der Waals surface area (Å²) in [6.45, 7) is 14.8. The number of hydrogen-bond acceptors (Lipinski definition) is 4. The SMILES string of the molecule is CCc1c(-c2cc[n+](C(=O)OC(C)(C)C)c3[nH]cc(Br)c23)[nH]c2ccc(C3CCN(C(=O)OC(C)(C)C)CC3)cc12. The number of carbonyl (C=O) groups is 2. The summed E-state index contributed by atoms with van der Waals surface area (Å²) in [5, 5.41) is 2.12. The Bertz CT molecular complexity index is 1610. The average Bonchev–Trinajstić information content (AvgIpc) is 3.46. The van der Waals surface area contributed by atoms with Gasteiger partial charge in [0, 0.05) is 29.6 Å². The molecule has 1 saturated heterocycles. The molecule has 5 rings (SSSR count). The largest absolute Gasteiger partial charge is 0.512 e. The number of halogens is 1. The van der Waals surface area contributed by atoms with Gasteiger partial charge in [-0.05, 0) is 112 Å². The zero-order valence-electron chi connectivity index (χ0n) is 25.0. The van der Waals surface area contributed by atoms with Crippen LogP contribution in [0, 0.1) is 0 Å². The number of fused-ring (bicyclic) bond motifs is 2. The van der Waals surface area contributed by atoms with E-state index in [-0.39, 0.29) is 6.09 Å². The lowest BCUT2D eigenvalue weighted by Gasteiger charge is -2.33. The van der Waals surface area contributed by atoms with Gasteiger partial charge in [0.25, 0.3) is 5.65 Å². The number of rotatable bonds is 3. The first-order valence-electron chi connectivity index (χ1n) is 14.3. The van der Waals surface area contributed by atoms with Gasteiger partial charge in [-0.2, -0.15) is 4.79 Å². The molecule has 0 saturated carbocycles. The normalized spacial score (nSPS) is 15.1. The number of carbonyl (C=O) groups excluding carboxylic acids is 2. The molecule has 9 heteroatoms. The monoisotopic (exact) mass is 623 g/mol. The van der Waals surface area contributed by atoms with Gasteiger partial charge in [0.15, 0.2) is 0 Å². The predicted octanol–water partition coefficient (Wildman–Crippen LogP) is 7.83. The first-order chi connectivity index (χ1) is 19.3. The fraction of sp³-hybridized carbons (Fsp3) is 0.469. The topological polar surface area (TPSA) is 91.3 Å². The highest BCUT2D eigenvalue weighted by atomic mass is 79.9. The van der Waals surface area contributed by atoms with Crippen molar-refractivity contribution in [3.8, 4) is 11.3 Å². The molecule has 0 unspecified atom stereocenters. The Balaban J connectivity index is 1.47. The molecule has 41 heavy (non-hydrogen) atoms. The van der Waals surface area contributed by atoms with Crippen LogP contribution in [0.25, 0.3) is 33.2 Å². The molecule has 4 aromatic rings. The standard InChI is InChI=1S/C32H39BrN4O4/c1-8-21-23-17-20(19-11-14-36(15-12-19)29(38)40-31(2,3)4)9-10-25(23)35-27(21)22-13-16-37(30(39)41-32(5,6)7)28-26(22)24(33)18-34-28/h9-10,13,16-19H,8,11-12,14-15H2,1-7H3,(H,34,35)/p+1. The maximum atomic E-state index is 13.0. The smallest absolute Gasteiger partial charge is 0.444 e. The number of aromatic amines is 2. The zero-order valence-corrected chi connectivity index (χ0v) is 26.6. The molecular weight excluding hydrogens is 584 g/mol. The van der Waals surface area contributed by atoms with Gasteiger partial charge >= 0.3 is 12.2 Å². The summed E-state index contributed by atoms with van der Waals surface area (Å²) in [5.74, 6) is 0.385. The van der Waals surface area contributed by atoms with E-state index in [0.717, 1.165) is 45.9 Å². The lowest BCUT2D eigenvalue weighted by molar-refractivity contribution is -0.563. The van der Waals surface area contributed by atoms with Crippen LogP contribution in [0.15, 0.2) is 41.1 Å². The quantitative estimate of drug-likeness (QED) is 0.228. The van der Waals surface area contributed by atoms with E-state index in [0.29, 0.717) is 24.7 Å². The number of hydrogen-bond donors (Lipinski definition) is 2. The average molecular weight is 625 g/mol. The maximum absolute atomic E-state index is 13.0. The molecule has 0 spiro atoms. The molecule has 3 aromatic heterocycles. The number of nitrogens with zero attached hydrogens (tertiary/aromatic N) is 2. The molecule has 2 N–H and O–H groups in total. The predicted molar refractivity (Wildman–Crippen MR) is 164 cm³/mol. The van der Waals surface area contributed by atoms with Crippen LogP contribution in [0.3, 0.4) is 0 Å². The van der Waals surface area contributed by atoms with Crippen molar-refractivity contribution in [2.24, 2.45) is 0 Å². The maximum Gasteiger partial charge on any atom is 0.512 e. The molecule has 1 aliphatic heterocycles. The van der Waals surface area contributed by atoms with Crippen LogP contribution in [0.1, 0.15) is 78.4 Å². The van der Waals surface area contributed by atoms with Crippen LogP contribution < -0.4 is 4.57 Å². The second-order valence-electron chi connectivity index (χ2n) is 12.8. The number of piperidine rings is 1. The van der Waals surface area contributed by atoms with Gasteiger partial charge in [-0.25, -0.2) is 9.78 Å². The van der Waals surface area contributed by atoms with Crippen molar-refractivity contribution in [2.45, 2.75) is 84.8 Å². The van der Waals surface area contributed by atoms with Crippen molar-refractivity contribution in [2.75, 3.05) is 13.1 Å². The molecule has 218 valence electrons. The molecule has 1 fully saturated rings. The van der Waals surface area contributed by atoms with Gasteiger partial charge in [0.2, 0.25) is 0 Å². The molecule has 1 aromatic carbocycles. The summed E-state index contributed by atoms with van der Waals surface area (Å²) in [5.41, 5.74) is 5.24. The Labute approximate surface area is 249 Å². The fourth-order valence-electron chi connectivity index (χ4n) is 5.65. The van der Waals surface area contributed by atoms with E-state index in [4.69, 9.17) is 9.47 Å². The Hall–Kier alpha value is -3.33. The number of H-pyrrole nitrogens is 2. The molecular formula is C32H40BrN4O4+. The Kier molecular flexibility index (Phi) is 7.70. The van der Waals surface area contributed by atoms with Crippen molar-refractivity contribution in [1.29, 1.82) is 0 Å². The van der Waals surface area contributed by atoms with E-state index in [2.05, 4.69) is 51.0 Å². The highest BCUT2D eigenvalue weighted by molar-refractivity contribution is 9.10. The summed E-state index contributed by atoms with van der Waals surface area (Å²) in [6, 6.07) is 8.66. The van der Waals surface area contributed by atoms with Gasteiger partial charge in [-0.1, -0.05) is 13.0 Å². The van der Waals surface area contributed by atoms with E-state index in [1.54, 1.807) is 6.20 Å². The van der Waals surface area contributed by atoms with Crippen LogP contribution in [-0.2, 0) is 15.9 Å². The van der Waals surface area contributed by atoms with E-state index < -0.39 is 17.3 Å². The molecule has 0 radical (unpaired) electrons. The summed E-state index contributed by atoms with van der Waals surface area (Å²) >= 11 is 3.70. The first kappa shape index (κ1) is 29.2. The Morgan fingerprint density at radius 1 is 1.05 bits per heavy atom. The number of likely N-dealkylation sites (tertiary alicyclic amines) is 1. The summed E-state index contributed by atoms with van der Waals surface area (Å²) in [6.07, 6.45) is 5.62. The van der Waals surface area contributed by atoms with E-state index >= 15 is 0 Å². The van der Waals surface area contributed by atoms with Crippen molar-refractivity contribution in [1.82, 2.24) is 14.9 Å². The second-order valence-corrected chi connectivity index (χ2v) is 13.7. The van der Waals surface area contributed by atoms with Crippen LogP contribution in [0.2, 0.25) is 0 Å². The van der Waals surface area contributed by atoms with E-state index in [1.807, 2.05) is 58.7 Å². The van der Waals surface area contributed by atoms with Crippen molar-refractivity contribution in [3.05, 3.63) is 52.3 Å². The number of pyridine rings is 1. The summed E-state index contributed by atoms with van der Waals surface area (Å²) in [7, 11) is 0. The highest BCUT2D eigenvalue weighted by Crippen LogP contribution is 2.39. The highest BCUT2D eigenvalue weighted by Gasteiger charge is 2.30. The zero-order chi connectivity index (χ0) is 29.7. The molecule has 8 nitrogen and oxygen atoms in total. The molecule has 1 aliphatic rings.